The molecule has 2 rings (SSSR count). The van der Waals surface area contributed by atoms with E-state index in [0.29, 0.717) is 12.6 Å². The van der Waals surface area contributed by atoms with Gasteiger partial charge in [-0.25, -0.2) is 0 Å². The molecule has 1 aromatic carbocycles. The molecule has 0 radical (unpaired) electrons. The minimum Gasteiger partial charge on any atom is -0.375 e. The summed E-state index contributed by atoms with van der Waals surface area (Å²) in [6.45, 7) is 3.94. The first kappa shape index (κ1) is 12.9. The molecule has 0 spiro atoms. The SMILES string of the molecule is COCC(=O)NCC(C)N1CCc2ccccc21. The van der Waals surface area contributed by atoms with Gasteiger partial charge in [0.25, 0.3) is 0 Å². The molecule has 1 aromatic rings. The van der Waals surface area contributed by atoms with E-state index in [1.54, 1.807) is 0 Å². The molecule has 1 N–H and O–H groups in total. The van der Waals surface area contributed by atoms with E-state index in [2.05, 4.69) is 41.4 Å². The maximum Gasteiger partial charge on any atom is 0.246 e. The maximum absolute atomic E-state index is 11.4. The molecule has 0 saturated heterocycles. The zero-order valence-electron chi connectivity index (χ0n) is 11.0. The Balaban J connectivity index is 1.91. The van der Waals surface area contributed by atoms with E-state index in [0.717, 1.165) is 13.0 Å². The summed E-state index contributed by atoms with van der Waals surface area (Å²) in [4.78, 5) is 13.7. The molecule has 0 fully saturated rings. The summed E-state index contributed by atoms with van der Waals surface area (Å²) in [5.41, 5.74) is 2.69. The van der Waals surface area contributed by atoms with Crippen LogP contribution in [0.1, 0.15) is 12.5 Å². The number of amides is 1. The highest BCUT2D eigenvalue weighted by Gasteiger charge is 2.22. The molecular weight excluding hydrogens is 228 g/mol. The molecule has 1 aliphatic rings. The van der Waals surface area contributed by atoms with Gasteiger partial charge in [-0.1, -0.05) is 18.2 Å². The fraction of sp³-hybridized carbons (Fsp3) is 0.500. The summed E-state index contributed by atoms with van der Waals surface area (Å²) in [7, 11) is 1.53. The first-order valence-electron chi connectivity index (χ1n) is 6.32. The molecule has 1 atom stereocenters. The number of carbonyl (C=O) groups excluding carboxylic acids is 1. The van der Waals surface area contributed by atoms with Gasteiger partial charge in [0.1, 0.15) is 6.61 Å². The largest absolute Gasteiger partial charge is 0.375 e. The fourth-order valence-electron chi connectivity index (χ4n) is 2.38. The standard InChI is InChI=1S/C14H20N2O2/c1-11(9-15-14(17)10-18-2)16-8-7-12-5-3-4-6-13(12)16/h3-6,11H,7-10H2,1-2H3,(H,15,17). The van der Waals surface area contributed by atoms with E-state index < -0.39 is 0 Å². The number of carbonyl (C=O) groups is 1. The van der Waals surface area contributed by atoms with Gasteiger partial charge in [0.15, 0.2) is 0 Å². The second kappa shape index (κ2) is 5.87. The average Bonchev–Trinajstić information content (AvgIpc) is 2.80. The number of anilines is 1. The number of benzene rings is 1. The van der Waals surface area contributed by atoms with Crippen molar-refractivity contribution in [3.63, 3.8) is 0 Å². The minimum absolute atomic E-state index is 0.0585. The highest BCUT2D eigenvalue weighted by molar-refractivity contribution is 5.77. The molecular formula is C14H20N2O2. The molecule has 4 nitrogen and oxygen atoms in total. The number of hydrogen-bond acceptors (Lipinski definition) is 3. The quantitative estimate of drug-likeness (QED) is 0.851. The number of hydrogen-bond donors (Lipinski definition) is 1. The van der Waals surface area contributed by atoms with E-state index in [4.69, 9.17) is 4.74 Å². The lowest BCUT2D eigenvalue weighted by Crippen LogP contribution is -2.42. The van der Waals surface area contributed by atoms with Crippen LogP contribution in [-0.4, -0.2) is 38.8 Å². The third kappa shape index (κ3) is 2.82. The van der Waals surface area contributed by atoms with Crippen LogP contribution in [0.3, 0.4) is 0 Å². The lowest BCUT2D eigenvalue weighted by Gasteiger charge is -2.27. The van der Waals surface area contributed by atoms with Crippen molar-refractivity contribution in [1.29, 1.82) is 0 Å². The van der Waals surface area contributed by atoms with Crippen molar-refractivity contribution in [3.05, 3.63) is 29.8 Å². The van der Waals surface area contributed by atoms with E-state index in [9.17, 15) is 4.79 Å². The lowest BCUT2D eigenvalue weighted by molar-refractivity contribution is -0.124. The van der Waals surface area contributed by atoms with Crippen LogP contribution in [0, 0.1) is 0 Å². The van der Waals surface area contributed by atoms with Crippen LogP contribution in [-0.2, 0) is 16.0 Å². The topological polar surface area (TPSA) is 41.6 Å². The molecule has 98 valence electrons. The van der Waals surface area contributed by atoms with Crippen molar-refractivity contribution in [3.8, 4) is 0 Å². The number of para-hydroxylation sites is 1. The summed E-state index contributed by atoms with van der Waals surface area (Å²) in [5.74, 6) is -0.0585. The zero-order valence-corrected chi connectivity index (χ0v) is 11.0. The minimum atomic E-state index is -0.0585. The third-order valence-corrected chi connectivity index (χ3v) is 3.33. The third-order valence-electron chi connectivity index (χ3n) is 3.33. The van der Waals surface area contributed by atoms with Gasteiger partial charge in [0, 0.05) is 31.9 Å². The van der Waals surface area contributed by atoms with Crippen molar-refractivity contribution in [1.82, 2.24) is 5.32 Å². The van der Waals surface area contributed by atoms with Crippen LogP contribution in [0.5, 0.6) is 0 Å². The molecule has 1 amide bonds. The van der Waals surface area contributed by atoms with Crippen LogP contribution in [0.2, 0.25) is 0 Å². The van der Waals surface area contributed by atoms with Crippen LogP contribution in [0.25, 0.3) is 0 Å². The molecule has 0 saturated carbocycles. The van der Waals surface area contributed by atoms with Crippen LogP contribution in [0.15, 0.2) is 24.3 Å². The smallest absolute Gasteiger partial charge is 0.246 e. The highest BCUT2D eigenvalue weighted by Crippen LogP contribution is 2.28. The molecule has 0 aliphatic carbocycles. The number of rotatable bonds is 5. The van der Waals surface area contributed by atoms with Crippen molar-refractivity contribution in [2.24, 2.45) is 0 Å². The van der Waals surface area contributed by atoms with Crippen molar-refractivity contribution in [2.75, 3.05) is 31.7 Å². The maximum atomic E-state index is 11.4. The Morgan fingerprint density at radius 3 is 3.06 bits per heavy atom. The van der Waals surface area contributed by atoms with E-state index >= 15 is 0 Å². The van der Waals surface area contributed by atoms with Crippen molar-refractivity contribution >= 4 is 11.6 Å². The number of fused-ring (bicyclic) bond motifs is 1. The second-order valence-corrected chi connectivity index (χ2v) is 4.66. The molecule has 1 aliphatic heterocycles. The summed E-state index contributed by atoms with van der Waals surface area (Å²) >= 11 is 0. The normalized spacial score (nSPS) is 15.3. The molecule has 18 heavy (non-hydrogen) atoms. The van der Waals surface area contributed by atoms with Gasteiger partial charge in [-0.2, -0.15) is 0 Å². The molecule has 0 bridgehead atoms. The molecule has 1 heterocycles. The summed E-state index contributed by atoms with van der Waals surface area (Å²) in [5, 5.41) is 2.89. The summed E-state index contributed by atoms with van der Waals surface area (Å²) in [6.07, 6.45) is 1.09. The molecule has 1 unspecified atom stereocenters. The van der Waals surface area contributed by atoms with Crippen molar-refractivity contribution < 1.29 is 9.53 Å². The first-order valence-corrected chi connectivity index (χ1v) is 6.32. The Morgan fingerprint density at radius 1 is 1.50 bits per heavy atom. The number of methoxy groups -OCH3 is 1. The zero-order chi connectivity index (χ0) is 13.0. The summed E-state index contributed by atoms with van der Waals surface area (Å²) < 4.78 is 4.79. The Labute approximate surface area is 108 Å². The van der Waals surface area contributed by atoms with Gasteiger partial charge in [-0.15, -0.1) is 0 Å². The Bertz CT molecular complexity index is 420. The van der Waals surface area contributed by atoms with Gasteiger partial charge < -0.3 is 15.0 Å². The monoisotopic (exact) mass is 248 g/mol. The van der Waals surface area contributed by atoms with Gasteiger partial charge in [0.05, 0.1) is 0 Å². The van der Waals surface area contributed by atoms with Gasteiger partial charge >= 0.3 is 0 Å². The van der Waals surface area contributed by atoms with E-state index in [1.165, 1.54) is 18.4 Å². The molecule has 0 aromatic heterocycles. The predicted molar refractivity (Wildman–Crippen MR) is 71.8 cm³/mol. The van der Waals surface area contributed by atoms with Crippen molar-refractivity contribution in [2.45, 2.75) is 19.4 Å². The fourth-order valence-corrected chi connectivity index (χ4v) is 2.38. The highest BCUT2D eigenvalue weighted by atomic mass is 16.5. The van der Waals surface area contributed by atoms with E-state index in [1.807, 2.05) is 0 Å². The Morgan fingerprint density at radius 2 is 2.28 bits per heavy atom. The Kier molecular flexibility index (Phi) is 4.20. The van der Waals surface area contributed by atoms with Crippen LogP contribution >= 0.6 is 0 Å². The average molecular weight is 248 g/mol. The van der Waals surface area contributed by atoms with Crippen LogP contribution < -0.4 is 10.2 Å². The summed E-state index contributed by atoms with van der Waals surface area (Å²) in [6, 6.07) is 8.76. The first-order chi connectivity index (χ1) is 8.72. The lowest BCUT2D eigenvalue weighted by atomic mass is 10.2. The van der Waals surface area contributed by atoms with Crippen LogP contribution in [0.4, 0.5) is 5.69 Å². The number of ether oxygens (including phenoxy) is 1. The van der Waals surface area contributed by atoms with Gasteiger partial charge in [-0.3, -0.25) is 4.79 Å². The number of nitrogens with one attached hydrogen (secondary N) is 1. The number of nitrogens with zero attached hydrogens (tertiary/aromatic N) is 1. The van der Waals surface area contributed by atoms with Gasteiger partial charge in [0.2, 0.25) is 5.91 Å². The van der Waals surface area contributed by atoms with Gasteiger partial charge in [-0.05, 0) is 25.0 Å². The van der Waals surface area contributed by atoms with E-state index in [-0.39, 0.29) is 12.5 Å². The molecule has 4 heteroatoms. The second-order valence-electron chi connectivity index (χ2n) is 4.66. The Hall–Kier alpha value is -1.55. The predicted octanol–water partition coefficient (Wildman–Crippen LogP) is 1.20.